The Morgan fingerprint density at radius 3 is 2.65 bits per heavy atom. The fraction of sp³-hybridized carbons (Fsp3) is 0.385. The zero-order valence-electron chi connectivity index (χ0n) is 20.6. The quantitative estimate of drug-likeness (QED) is 0.347. The highest BCUT2D eigenvalue weighted by Gasteiger charge is 2.39. The molecule has 2 aliphatic rings. The van der Waals surface area contributed by atoms with Gasteiger partial charge >= 0.3 is 0 Å². The number of nitrogens with two attached hydrogens (primary N) is 2. The third-order valence-electron chi connectivity index (χ3n) is 7.06. The lowest BCUT2D eigenvalue weighted by atomic mass is 10.1. The molecule has 0 radical (unpaired) electrons. The summed E-state index contributed by atoms with van der Waals surface area (Å²) in [6.07, 6.45) is 3.07. The molecule has 10 nitrogen and oxygen atoms in total. The van der Waals surface area contributed by atoms with Gasteiger partial charge in [-0.15, -0.1) is 0 Å². The van der Waals surface area contributed by atoms with E-state index in [1.54, 1.807) is 6.92 Å². The van der Waals surface area contributed by atoms with E-state index in [9.17, 15) is 14.7 Å². The molecule has 3 atom stereocenters. The minimum atomic E-state index is -0.773. The second-order valence-electron chi connectivity index (χ2n) is 9.64. The van der Waals surface area contributed by atoms with Gasteiger partial charge in [-0.25, -0.2) is 9.67 Å². The Kier molecular flexibility index (Phi) is 6.22. The molecule has 3 heterocycles. The first kappa shape index (κ1) is 24.9. The van der Waals surface area contributed by atoms with Gasteiger partial charge in [0.25, 0.3) is 5.91 Å². The van der Waals surface area contributed by atoms with Crippen LogP contribution < -0.4 is 11.5 Å². The van der Waals surface area contributed by atoms with Gasteiger partial charge in [-0.3, -0.25) is 9.59 Å². The zero-order valence-corrected chi connectivity index (χ0v) is 21.4. The van der Waals surface area contributed by atoms with E-state index in [1.807, 2.05) is 19.1 Å². The Bertz CT molecular complexity index is 1510. The third kappa shape index (κ3) is 4.34. The van der Waals surface area contributed by atoms with Gasteiger partial charge in [0.15, 0.2) is 5.69 Å². The Morgan fingerprint density at radius 2 is 2.03 bits per heavy atom. The number of anilines is 1. The molecule has 0 spiro atoms. The first-order chi connectivity index (χ1) is 17.6. The molecular formula is C26H28ClN7O3. The van der Waals surface area contributed by atoms with Gasteiger partial charge in [0, 0.05) is 18.2 Å². The van der Waals surface area contributed by atoms with Gasteiger partial charge in [-0.2, -0.15) is 5.10 Å². The molecule has 1 saturated carbocycles. The topological polar surface area (TPSA) is 145 Å². The van der Waals surface area contributed by atoms with E-state index in [4.69, 9.17) is 23.1 Å². The number of halogens is 1. The van der Waals surface area contributed by atoms with Crippen LogP contribution in [0.5, 0.6) is 0 Å². The van der Waals surface area contributed by atoms with E-state index in [0.29, 0.717) is 23.0 Å². The maximum absolute atomic E-state index is 12.3. The largest absolute Gasteiger partial charge is 0.391 e. The van der Waals surface area contributed by atoms with Crippen molar-refractivity contribution in [3.8, 4) is 11.8 Å². The number of nitrogens with zero attached hydrogens (tertiary/aromatic N) is 5. The van der Waals surface area contributed by atoms with Crippen LogP contribution in [0.1, 0.15) is 65.7 Å². The molecule has 1 aliphatic carbocycles. The van der Waals surface area contributed by atoms with Crippen LogP contribution in [0.25, 0.3) is 11.0 Å². The molecule has 1 aromatic carbocycles. The number of amides is 2. The number of imidazole rings is 1. The molecule has 3 aromatic rings. The number of aryl methyl sites for hydroxylation is 1. The average molecular weight is 522 g/mol. The summed E-state index contributed by atoms with van der Waals surface area (Å²) in [5.41, 5.74) is 14.3. The van der Waals surface area contributed by atoms with Gasteiger partial charge in [0.2, 0.25) is 5.91 Å². The van der Waals surface area contributed by atoms with E-state index < -0.39 is 18.1 Å². The number of hydrogen-bond acceptors (Lipinski definition) is 6. The lowest BCUT2D eigenvalue weighted by Gasteiger charge is -2.25. The summed E-state index contributed by atoms with van der Waals surface area (Å²) in [6, 6.07) is 3.32. The Hall–Kier alpha value is -3.81. The van der Waals surface area contributed by atoms with Crippen LogP contribution in [0.2, 0.25) is 5.02 Å². The summed E-state index contributed by atoms with van der Waals surface area (Å²) in [7, 11) is 0. The normalized spacial score (nSPS) is 20.1. The van der Waals surface area contributed by atoms with Gasteiger partial charge < -0.3 is 26.0 Å². The predicted molar refractivity (Wildman–Crippen MR) is 140 cm³/mol. The molecule has 0 bridgehead atoms. The van der Waals surface area contributed by atoms with Crippen molar-refractivity contribution in [2.75, 3.05) is 12.3 Å². The number of aliphatic hydroxyl groups excluding tert-OH is 1. The van der Waals surface area contributed by atoms with E-state index in [2.05, 4.69) is 33.1 Å². The lowest BCUT2D eigenvalue weighted by molar-refractivity contribution is -0.128. The number of benzene rings is 1. The lowest BCUT2D eigenvalue weighted by Crippen LogP contribution is -2.40. The van der Waals surface area contributed by atoms with Crippen molar-refractivity contribution >= 4 is 40.3 Å². The van der Waals surface area contributed by atoms with Gasteiger partial charge in [-0.05, 0) is 57.2 Å². The molecule has 2 fully saturated rings. The maximum Gasteiger partial charge on any atom is 0.255 e. The summed E-state index contributed by atoms with van der Waals surface area (Å²) in [5.74, 6) is 5.82. The fourth-order valence-electron chi connectivity index (χ4n) is 5.16. The summed E-state index contributed by atoms with van der Waals surface area (Å²) in [6.45, 7) is 7.36. The zero-order chi connectivity index (χ0) is 26.6. The molecule has 2 aromatic heterocycles. The monoisotopic (exact) mass is 521 g/mol. The highest BCUT2D eigenvalue weighted by Crippen LogP contribution is 2.39. The number of aliphatic hydroxyl groups is 1. The minimum Gasteiger partial charge on any atom is -0.391 e. The molecule has 2 amide bonds. The average Bonchev–Trinajstić information content (AvgIpc) is 3.35. The van der Waals surface area contributed by atoms with Gasteiger partial charge in [0.05, 0.1) is 34.2 Å². The first-order valence-electron chi connectivity index (χ1n) is 12.1. The number of nitrogen functional groups attached to an aromatic ring is 1. The molecule has 11 heteroatoms. The summed E-state index contributed by atoms with van der Waals surface area (Å²) in [5, 5.41) is 15.2. The highest BCUT2D eigenvalue weighted by molar-refractivity contribution is 6.32. The van der Waals surface area contributed by atoms with Crippen molar-refractivity contribution in [2.24, 2.45) is 5.73 Å². The van der Waals surface area contributed by atoms with E-state index >= 15 is 0 Å². The van der Waals surface area contributed by atoms with Crippen LogP contribution in [-0.4, -0.2) is 59.8 Å². The summed E-state index contributed by atoms with van der Waals surface area (Å²) in [4.78, 5) is 30.8. The predicted octanol–water partition coefficient (Wildman–Crippen LogP) is 2.32. The SMILES string of the molecule is C=CC(=O)N1C[C@@H](n2nc(C#Cc3cc4nc(C)n(C5CC5)c4cc3Cl)c(C(N)=O)c2N)C[C@@H]1[C@H](C)O. The molecule has 1 saturated heterocycles. The smallest absolute Gasteiger partial charge is 0.255 e. The van der Waals surface area contributed by atoms with Gasteiger partial charge in [0.1, 0.15) is 17.2 Å². The molecule has 5 rings (SSSR count). The fourth-order valence-corrected chi connectivity index (χ4v) is 5.36. The molecule has 0 unspecified atom stereocenters. The van der Waals surface area contributed by atoms with Crippen LogP contribution in [0, 0.1) is 18.8 Å². The van der Waals surface area contributed by atoms with Crippen molar-refractivity contribution in [3.05, 3.63) is 52.5 Å². The number of likely N-dealkylation sites (tertiary alicyclic amines) is 1. The van der Waals surface area contributed by atoms with Crippen molar-refractivity contribution in [3.63, 3.8) is 0 Å². The van der Waals surface area contributed by atoms with E-state index in [-0.39, 0.29) is 35.6 Å². The maximum atomic E-state index is 12.3. The second kappa shape index (κ2) is 9.25. The van der Waals surface area contributed by atoms with Crippen molar-refractivity contribution < 1.29 is 14.7 Å². The van der Waals surface area contributed by atoms with Crippen molar-refractivity contribution in [1.82, 2.24) is 24.2 Å². The summed E-state index contributed by atoms with van der Waals surface area (Å²) >= 11 is 6.57. The molecular weight excluding hydrogens is 494 g/mol. The van der Waals surface area contributed by atoms with E-state index in [0.717, 1.165) is 29.7 Å². The first-order valence-corrected chi connectivity index (χ1v) is 12.5. The minimum absolute atomic E-state index is 0.000602. The standard InChI is InChI=1S/C26H28ClN7O3/c1-4-23(36)32-12-17(10-21(32)13(2)35)34-25(28)24(26(29)37)19(31-34)8-5-15-9-20-22(11-18(15)27)33(14(3)30-20)16-6-7-16/h4,9,11,13,16-17,21,35H,1,6-7,10,12,28H2,2-3H3,(H2,29,37)/t13-,17-,21+/m0/s1. The number of aromatic nitrogens is 4. The van der Waals surface area contributed by atoms with Crippen LogP contribution in [-0.2, 0) is 4.79 Å². The Balaban J connectivity index is 1.51. The Morgan fingerprint density at radius 1 is 1.30 bits per heavy atom. The number of carbonyl (C=O) groups excluding carboxylic acids is 2. The van der Waals surface area contributed by atoms with E-state index in [1.165, 1.54) is 15.7 Å². The summed E-state index contributed by atoms with van der Waals surface area (Å²) < 4.78 is 3.66. The third-order valence-corrected chi connectivity index (χ3v) is 7.37. The molecule has 192 valence electrons. The van der Waals surface area contributed by atoms with Crippen LogP contribution >= 0.6 is 11.6 Å². The van der Waals surface area contributed by atoms with Crippen molar-refractivity contribution in [2.45, 2.75) is 57.3 Å². The molecule has 37 heavy (non-hydrogen) atoms. The van der Waals surface area contributed by atoms with Crippen LogP contribution in [0.15, 0.2) is 24.8 Å². The number of rotatable bonds is 5. The molecule has 5 N–H and O–H groups in total. The van der Waals surface area contributed by atoms with Gasteiger partial charge in [-0.1, -0.05) is 24.1 Å². The second-order valence-corrected chi connectivity index (χ2v) is 10.0. The highest BCUT2D eigenvalue weighted by atomic mass is 35.5. The molecule has 1 aliphatic heterocycles. The van der Waals surface area contributed by atoms with Crippen LogP contribution in [0.4, 0.5) is 5.82 Å². The number of carbonyl (C=O) groups is 2. The van der Waals surface area contributed by atoms with Crippen LogP contribution in [0.3, 0.4) is 0 Å². The Labute approximate surface area is 218 Å². The number of primary amides is 1. The number of fused-ring (bicyclic) bond motifs is 1. The number of hydrogen-bond donors (Lipinski definition) is 3. The van der Waals surface area contributed by atoms with Crippen molar-refractivity contribution in [1.29, 1.82) is 0 Å².